The lowest BCUT2D eigenvalue weighted by atomic mass is 10.1. The van der Waals surface area contributed by atoms with E-state index < -0.39 is 11.5 Å². The average molecular weight is 524 g/mol. The molecule has 1 aromatic heterocycles. The monoisotopic (exact) mass is 523 g/mol. The summed E-state index contributed by atoms with van der Waals surface area (Å²) in [6.45, 7) is 6.10. The Morgan fingerprint density at radius 1 is 1.16 bits per heavy atom. The highest BCUT2D eigenvalue weighted by Gasteiger charge is 2.36. The molecule has 2 atom stereocenters. The van der Waals surface area contributed by atoms with E-state index in [0.717, 1.165) is 26.2 Å². The maximum atomic E-state index is 14.1. The van der Waals surface area contributed by atoms with Crippen LogP contribution < -0.4 is 15.7 Å². The van der Waals surface area contributed by atoms with E-state index in [1.54, 1.807) is 0 Å². The smallest absolute Gasteiger partial charge is 0.351 e. The molecule has 1 amide bonds. The number of nitrogens with one attached hydrogen (secondary N) is 1. The van der Waals surface area contributed by atoms with Crippen LogP contribution in [0.5, 0.6) is 5.75 Å². The number of carbonyl (C=O) groups excluding carboxylic acids is 1. The van der Waals surface area contributed by atoms with Crippen molar-refractivity contribution in [2.24, 2.45) is 0 Å². The van der Waals surface area contributed by atoms with E-state index in [2.05, 4.69) is 15.3 Å². The summed E-state index contributed by atoms with van der Waals surface area (Å²) in [4.78, 5) is 28.6. The first-order valence-corrected chi connectivity index (χ1v) is 13.1. The first-order valence-electron chi connectivity index (χ1n) is 13.1. The lowest BCUT2D eigenvalue weighted by molar-refractivity contribution is -0.122. The summed E-state index contributed by atoms with van der Waals surface area (Å²) >= 11 is 0. The Bertz CT molecular complexity index is 1330. The van der Waals surface area contributed by atoms with Gasteiger partial charge in [0.1, 0.15) is 6.54 Å². The van der Waals surface area contributed by atoms with Crippen molar-refractivity contribution in [1.82, 2.24) is 24.6 Å². The third kappa shape index (κ3) is 5.37. The van der Waals surface area contributed by atoms with Crippen LogP contribution in [0.4, 0.5) is 4.39 Å². The van der Waals surface area contributed by atoms with E-state index in [9.17, 15) is 14.0 Å². The largest absolute Gasteiger partial charge is 0.494 e. The summed E-state index contributed by atoms with van der Waals surface area (Å²) in [5.74, 6) is -0.563. The standard InChI is InChI=1S/C28H34FN5O4/c1-18(2)30-26(35)15-33-27(20-6-11-24(29)25(14-20)37-3)31-34(28(33)36)21-7-4-19(5-8-21)12-13-32-22-9-10-23(32)17-38-16-22/h4-8,11,14,18,22-23H,9-10,12-13,15-17H2,1-3H3,(H,30,35). The van der Waals surface area contributed by atoms with Crippen LogP contribution in [0.15, 0.2) is 47.3 Å². The fourth-order valence-electron chi connectivity index (χ4n) is 5.37. The lowest BCUT2D eigenvalue weighted by Crippen LogP contribution is -2.46. The van der Waals surface area contributed by atoms with Crippen LogP contribution in [-0.4, -0.2) is 70.1 Å². The molecule has 2 aromatic carbocycles. The minimum absolute atomic E-state index is 0.0285. The number of carbonyl (C=O) groups is 1. The van der Waals surface area contributed by atoms with Gasteiger partial charge in [0.15, 0.2) is 17.4 Å². The number of benzene rings is 2. The number of halogens is 1. The van der Waals surface area contributed by atoms with Crippen molar-refractivity contribution in [2.45, 2.75) is 57.8 Å². The Balaban J connectivity index is 1.41. The van der Waals surface area contributed by atoms with Gasteiger partial charge in [-0.05, 0) is 69.0 Å². The zero-order valence-corrected chi connectivity index (χ0v) is 22.0. The van der Waals surface area contributed by atoms with E-state index in [4.69, 9.17) is 9.47 Å². The van der Waals surface area contributed by atoms with E-state index in [1.807, 2.05) is 38.1 Å². The van der Waals surface area contributed by atoms with Gasteiger partial charge in [0.2, 0.25) is 5.91 Å². The third-order valence-corrected chi connectivity index (χ3v) is 7.25. The lowest BCUT2D eigenvalue weighted by Gasteiger charge is -2.34. The second-order valence-electron chi connectivity index (χ2n) is 10.3. The molecule has 38 heavy (non-hydrogen) atoms. The van der Waals surface area contributed by atoms with E-state index in [-0.39, 0.29) is 30.1 Å². The van der Waals surface area contributed by atoms with Gasteiger partial charge in [-0.25, -0.2) is 9.18 Å². The number of hydrogen-bond acceptors (Lipinski definition) is 6. The Labute approximate surface area is 221 Å². The van der Waals surface area contributed by atoms with Crippen molar-refractivity contribution >= 4 is 5.91 Å². The molecule has 10 heteroatoms. The molecule has 1 N–H and O–H groups in total. The quantitative estimate of drug-likeness (QED) is 0.464. The van der Waals surface area contributed by atoms with Crippen LogP contribution in [0.25, 0.3) is 17.1 Å². The summed E-state index contributed by atoms with van der Waals surface area (Å²) in [5, 5.41) is 7.36. The molecule has 2 bridgehead atoms. The highest BCUT2D eigenvalue weighted by atomic mass is 19.1. The molecule has 9 nitrogen and oxygen atoms in total. The van der Waals surface area contributed by atoms with Crippen molar-refractivity contribution in [3.63, 3.8) is 0 Å². The van der Waals surface area contributed by atoms with Crippen molar-refractivity contribution in [3.8, 4) is 22.8 Å². The van der Waals surface area contributed by atoms with E-state index >= 15 is 0 Å². The fourth-order valence-corrected chi connectivity index (χ4v) is 5.37. The molecule has 2 unspecified atom stereocenters. The minimum atomic E-state index is -0.525. The number of amides is 1. The SMILES string of the molecule is COc1cc(-c2nn(-c3ccc(CCN4C5CCC4COC5)cc3)c(=O)n2CC(=O)NC(C)C)ccc1F. The molecule has 0 spiro atoms. The topological polar surface area (TPSA) is 90.6 Å². The Morgan fingerprint density at radius 3 is 2.53 bits per heavy atom. The number of fused-ring (bicyclic) bond motifs is 2. The predicted molar refractivity (Wildman–Crippen MR) is 141 cm³/mol. The van der Waals surface area contributed by atoms with Crippen LogP contribution in [0.3, 0.4) is 0 Å². The third-order valence-electron chi connectivity index (χ3n) is 7.25. The number of methoxy groups -OCH3 is 1. The molecule has 2 fully saturated rings. The van der Waals surface area contributed by atoms with Gasteiger partial charge in [0, 0.05) is 30.2 Å². The Hall–Kier alpha value is -3.50. The molecule has 3 aromatic rings. The van der Waals surface area contributed by atoms with Crippen molar-refractivity contribution < 1.29 is 18.7 Å². The van der Waals surface area contributed by atoms with Crippen molar-refractivity contribution in [3.05, 3.63) is 64.3 Å². The summed E-state index contributed by atoms with van der Waals surface area (Å²) in [7, 11) is 1.37. The van der Waals surface area contributed by atoms with Crippen molar-refractivity contribution in [2.75, 3.05) is 26.9 Å². The zero-order valence-electron chi connectivity index (χ0n) is 22.0. The minimum Gasteiger partial charge on any atom is -0.494 e. The van der Waals surface area contributed by atoms with Crippen LogP contribution in [0, 0.1) is 5.82 Å². The second-order valence-corrected chi connectivity index (χ2v) is 10.3. The molecular weight excluding hydrogens is 489 g/mol. The molecular formula is C28H34FN5O4. The number of aromatic nitrogens is 3. The molecule has 2 aliphatic heterocycles. The summed E-state index contributed by atoms with van der Waals surface area (Å²) in [6, 6.07) is 13.0. The number of nitrogens with zero attached hydrogens (tertiary/aromatic N) is 4. The van der Waals surface area contributed by atoms with Crippen molar-refractivity contribution in [1.29, 1.82) is 0 Å². The molecule has 0 radical (unpaired) electrons. The molecule has 2 aliphatic rings. The average Bonchev–Trinajstić information content (AvgIpc) is 3.32. The maximum absolute atomic E-state index is 14.1. The molecule has 5 rings (SSSR count). The molecule has 3 heterocycles. The van der Waals surface area contributed by atoms with Gasteiger partial charge < -0.3 is 14.8 Å². The highest BCUT2D eigenvalue weighted by molar-refractivity contribution is 5.76. The number of ether oxygens (including phenoxy) is 2. The summed E-state index contributed by atoms with van der Waals surface area (Å²) in [6.07, 6.45) is 3.31. The Kier molecular flexibility index (Phi) is 7.62. The van der Waals surface area contributed by atoms with Gasteiger partial charge in [-0.3, -0.25) is 14.3 Å². The second kappa shape index (κ2) is 11.1. The van der Waals surface area contributed by atoms with Crippen LogP contribution in [0.2, 0.25) is 0 Å². The highest BCUT2D eigenvalue weighted by Crippen LogP contribution is 2.29. The van der Waals surface area contributed by atoms with E-state index in [0.29, 0.717) is 23.3 Å². The number of rotatable bonds is 9. The summed E-state index contributed by atoms with van der Waals surface area (Å²) < 4.78 is 27.4. The van der Waals surface area contributed by atoms with E-state index in [1.165, 1.54) is 53.0 Å². The maximum Gasteiger partial charge on any atom is 0.351 e. The van der Waals surface area contributed by atoms with Crippen LogP contribution in [-0.2, 0) is 22.5 Å². The molecule has 2 saturated heterocycles. The predicted octanol–water partition coefficient (Wildman–Crippen LogP) is 2.78. The van der Waals surface area contributed by atoms with Gasteiger partial charge in [0.25, 0.3) is 0 Å². The Morgan fingerprint density at radius 2 is 1.87 bits per heavy atom. The van der Waals surface area contributed by atoms with Gasteiger partial charge in [0.05, 0.1) is 26.0 Å². The molecule has 202 valence electrons. The number of hydrogen-bond donors (Lipinski definition) is 1. The molecule has 0 aliphatic carbocycles. The van der Waals surface area contributed by atoms with Gasteiger partial charge in [-0.2, -0.15) is 4.68 Å². The normalized spacial score (nSPS) is 19.2. The first kappa shape index (κ1) is 26.1. The van der Waals surface area contributed by atoms with Gasteiger partial charge in [-0.1, -0.05) is 12.1 Å². The number of morpholine rings is 1. The summed E-state index contributed by atoms with van der Waals surface area (Å²) in [5.41, 5.74) is 1.77. The zero-order chi connectivity index (χ0) is 26.8. The first-order chi connectivity index (χ1) is 18.3. The van der Waals surface area contributed by atoms with Crippen LogP contribution in [0.1, 0.15) is 32.3 Å². The van der Waals surface area contributed by atoms with Gasteiger partial charge >= 0.3 is 5.69 Å². The fraction of sp³-hybridized carbons (Fsp3) is 0.464. The van der Waals surface area contributed by atoms with Crippen LogP contribution >= 0.6 is 0 Å². The molecule has 0 saturated carbocycles. The van der Waals surface area contributed by atoms with Gasteiger partial charge in [-0.15, -0.1) is 5.10 Å².